The Bertz CT molecular complexity index is 1610. The first-order valence-corrected chi connectivity index (χ1v) is 14.7. The third kappa shape index (κ3) is 6.15. The molecule has 0 unspecified atom stereocenters. The highest BCUT2D eigenvalue weighted by atomic mass is 79.9. The van der Waals surface area contributed by atoms with Gasteiger partial charge in [0.05, 0.1) is 5.52 Å². The second-order valence-electron chi connectivity index (χ2n) is 10.8. The van der Waals surface area contributed by atoms with Gasteiger partial charge in [-0.1, -0.05) is 64.5 Å². The van der Waals surface area contributed by atoms with Gasteiger partial charge in [0.15, 0.2) is 0 Å². The molecule has 0 aliphatic carbocycles. The topological polar surface area (TPSA) is 31.8 Å². The molecule has 0 spiro atoms. The number of anilines is 1. The molecule has 1 aliphatic heterocycles. The van der Waals surface area contributed by atoms with Crippen LogP contribution in [0.2, 0.25) is 0 Å². The van der Waals surface area contributed by atoms with Crippen molar-refractivity contribution < 1.29 is 4.74 Å². The number of likely N-dealkylation sites (N-methyl/N-ethyl adjacent to an activating group) is 1. The molecule has 2 heterocycles. The van der Waals surface area contributed by atoms with Gasteiger partial charge in [-0.25, -0.2) is 4.98 Å². The summed E-state index contributed by atoms with van der Waals surface area (Å²) in [6.07, 6.45) is 0. The third-order valence-electron chi connectivity index (χ3n) is 7.71. The van der Waals surface area contributed by atoms with Crippen molar-refractivity contribution in [2.75, 3.05) is 58.3 Å². The number of benzene rings is 4. The lowest BCUT2D eigenvalue weighted by atomic mass is 10.0. The minimum atomic E-state index is 0.461. The molecule has 1 aliphatic rings. The second kappa shape index (κ2) is 12.0. The molecule has 0 bridgehead atoms. The van der Waals surface area contributed by atoms with Gasteiger partial charge < -0.3 is 14.5 Å². The molecule has 40 heavy (non-hydrogen) atoms. The highest BCUT2D eigenvalue weighted by Crippen LogP contribution is 2.34. The van der Waals surface area contributed by atoms with Crippen molar-refractivity contribution in [1.29, 1.82) is 0 Å². The van der Waals surface area contributed by atoms with Gasteiger partial charge in [-0.3, -0.25) is 4.90 Å². The molecule has 5 nitrogen and oxygen atoms in total. The van der Waals surface area contributed by atoms with Crippen LogP contribution in [-0.2, 0) is 6.61 Å². The SMILES string of the molecule is CN(C)CCN1CCN(c2ccc(-c3cc4cc(Br)ccc4nc3OCc3ccc4ccccc4c3)cc2)CC1. The summed E-state index contributed by atoms with van der Waals surface area (Å²) in [5.41, 5.74) is 5.43. The number of pyridine rings is 1. The molecular weight excluding hydrogens is 560 g/mol. The largest absolute Gasteiger partial charge is 0.472 e. The number of ether oxygens (including phenoxy) is 1. The molecule has 5 aromatic rings. The van der Waals surface area contributed by atoms with E-state index in [0.29, 0.717) is 12.5 Å². The minimum Gasteiger partial charge on any atom is -0.472 e. The fraction of sp³-hybridized carbons (Fsp3) is 0.265. The number of piperazine rings is 1. The summed E-state index contributed by atoms with van der Waals surface area (Å²) in [5.74, 6) is 0.658. The fourth-order valence-corrected chi connectivity index (χ4v) is 5.73. The maximum Gasteiger partial charge on any atom is 0.222 e. The monoisotopic (exact) mass is 594 g/mol. The summed E-state index contributed by atoms with van der Waals surface area (Å²) in [7, 11) is 4.28. The van der Waals surface area contributed by atoms with Crippen LogP contribution in [0.25, 0.3) is 32.8 Å². The van der Waals surface area contributed by atoms with E-state index in [1.165, 1.54) is 16.5 Å². The van der Waals surface area contributed by atoms with Gasteiger partial charge in [0.1, 0.15) is 6.61 Å². The van der Waals surface area contributed by atoms with Crippen LogP contribution in [0.4, 0.5) is 5.69 Å². The lowest BCUT2D eigenvalue weighted by molar-refractivity contribution is 0.229. The van der Waals surface area contributed by atoms with Crippen molar-refractivity contribution in [2.24, 2.45) is 0 Å². The number of halogens is 1. The minimum absolute atomic E-state index is 0.461. The van der Waals surface area contributed by atoms with Crippen LogP contribution in [-0.4, -0.2) is 68.1 Å². The number of fused-ring (bicyclic) bond motifs is 2. The van der Waals surface area contributed by atoms with E-state index in [4.69, 9.17) is 9.72 Å². The molecule has 0 atom stereocenters. The molecule has 6 heteroatoms. The van der Waals surface area contributed by atoms with Crippen molar-refractivity contribution >= 4 is 43.3 Å². The predicted octanol–water partition coefficient (Wildman–Crippen LogP) is 7.08. The Kier molecular flexibility index (Phi) is 8.00. The van der Waals surface area contributed by atoms with E-state index in [1.807, 2.05) is 12.1 Å². The molecule has 0 amide bonds. The number of aromatic nitrogens is 1. The fourth-order valence-electron chi connectivity index (χ4n) is 5.35. The Labute approximate surface area is 245 Å². The lowest BCUT2D eigenvalue weighted by Gasteiger charge is -2.36. The van der Waals surface area contributed by atoms with E-state index in [-0.39, 0.29) is 0 Å². The van der Waals surface area contributed by atoms with Crippen LogP contribution in [0, 0.1) is 0 Å². The molecular formula is C34H35BrN4O. The lowest BCUT2D eigenvalue weighted by Crippen LogP contribution is -2.48. The second-order valence-corrected chi connectivity index (χ2v) is 11.7. The van der Waals surface area contributed by atoms with Crippen LogP contribution in [0.15, 0.2) is 95.5 Å². The standard InChI is InChI=1S/C34H35BrN4O/c1-37(2)15-16-38-17-19-39(20-18-38)31-12-9-27(10-13-31)32-23-29-22-30(35)11-14-33(29)36-34(32)40-24-25-7-8-26-5-3-4-6-28(26)21-25/h3-14,21-23H,15-20,24H2,1-2H3. The first-order chi connectivity index (χ1) is 19.5. The highest BCUT2D eigenvalue weighted by Gasteiger charge is 2.18. The van der Waals surface area contributed by atoms with Crippen LogP contribution < -0.4 is 9.64 Å². The Morgan fingerprint density at radius 2 is 1.57 bits per heavy atom. The number of nitrogens with zero attached hydrogens (tertiary/aromatic N) is 4. The molecule has 0 N–H and O–H groups in total. The maximum atomic E-state index is 6.42. The summed E-state index contributed by atoms with van der Waals surface area (Å²) >= 11 is 3.62. The van der Waals surface area contributed by atoms with Crippen molar-refractivity contribution in [2.45, 2.75) is 6.61 Å². The zero-order valence-corrected chi connectivity index (χ0v) is 24.8. The van der Waals surface area contributed by atoms with Crippen molar-refractivity contribution in [1.82, 2.24) is 14.8 Å². The smallest absolute Gasteiger partial charge is 0.222 e. The van der Waals surface area contributed by atoms with Crippen LogP contribution in [0.3, 0.4) is 0 Å². The van der Waals surface area contributed by atoms with Crippen molar-refractivity contribution in [3.8, 4) is 17.0 Å². The van der Waals surface area contributed by atoms with Crippen LogP contribution >= 0.6 is 15.9 Å². The van der Waals surface area contributed by atoms with Crippen LogP contribution in [0.1, 0.15) is 5.56 Å². The summed E-state index contributed by atoms with van der Waals surface area (Å²) in [5, 5.41) is 3.53. The zero-order chi connectivity index (χ0) is 27.5. The maximum absolute atomic E-state index is 6.42. The van der Waals surface area contributed by atoms with E-state index in [0.717, 1.165) is 71.3 Å². The van der Waals surface area contributed by atoms with E-state index < -0.39 is 0 Å². The summed E-state index contributed by atoms with van der Waals surface area (Å²) < 4.78 is 7.46. The number of hydrogen-bond donors (Lipinski definition) is 0. The molecule has 204 valence electrons. The Hall–Kier alpha value is -3.45. The number of rotatable bonds is 8. The van der Waals surface area contributed by atoms with Crippen molar-refractivity contribution in [3.63, 3.8) is 0 Å². The Morgan fingerprint density at radius 3 is 2.35 bits per heavy atom. The van der Waals surface area contributed by atoms with Gasteiger partial charge in [-0.15, -0.1) is 0 Å². The molecule has 4 aromatic carbocycles. The zero-order valence-electron chi connectivity index (χ0n) is 23.2. The first-order valence-electron chi connectivity index (χ1n) is 14.0. The van der Waals surface area contributed by atoms with Gasteiger partial charge in [0, 0.05) is 60.4 Å². The van der Waals surface area contributed by atoms with Gasteiger partial charge in [0.25, 0.3) is 0 Å². The first kappa shape index (κ1) is 26.8. The number of hydrogen-bond acceptors (Lipinski definition) is 5. The molecule has 1 fully saturated rings. The average Bonchev–Trinajstić information content (AvgIpc) is 2.99. The van der Waals surface area contributed by atoms with Crippen molar-refractivity contribution in [3.05, 3.63) is 101 Å². The molecule has 6 rings (SSSR count). The molecule has 0 saturated carbocycles. The van der Waals surface area contributed by atoms with Gasteiger partial charge in [-0.2, -0.15) is 0 Å². The average molecular weight is 596 g/mol. The van der Waals surface area contributed by atoms with Gasteiger partial charge in [0.2, 0.25) is 5.88 Å². The Balaban J connectivity index is 1.23. The summed E-state index contributed by atoms with van der Waals surface area (Å²) in [4.78, 5) is 12.3. The summed E-state index contributed by atoms with van der Waals surface area (Å²) in [6.45, 7) is 7.01. The van der Waals surface area contributed by atoms with E-state index in [2.05, 4.69) is 124 Å². The normalized spacial score (nSPS) is 14.3. The van der Waals surface area contributed by atoms with Crippen LogP contribution in [0.5, 0.6) is 5.88 Å². The molecule has 1 saturated heterocycles. The van der Waals surface area contributed by atoms with E-state index in [9.17, 15) is 0 Å². The summed E-state index contributed by atoms with van der Waals surface area (Å²) in [6, 6.07) is 32.2. The van der Waals surface area contributed by atoms with Gasteiger partial charge >= 0.3 is 0 Å². The molecule has 0 radical (unpaired) electrons. The van der Waals surface area contributed by atoms with E-state index >= 15 is 0 Å². The van der Waals surface area contributed by atoms with Gasteiger partial charge in [-0.05, 0) is 78.5 Å². The predicted molar refractivity (Wildman–Crippen MR) is 170 cm³/mol. The van der Waals surface area contributed by atoms with E-state index in [1.54, 1.807) is 0 Å². The Morgan fingerprint density at radius 1 is 0.800 bits per heavy atom. The molecule has 1 aromatic heterocycles. The quantitative estimate of drug-likeness (QED) is 0.192. The highest BCUT2D eigenvalue weighted by molar-refractivity contribution is 9.10. The third-order valence-corrected chi connectivity index (χ3v) is 8.20.